The zero-order chi connectivity index (χ0) is 14.5. The summed E-state index contributed by atoms with van der Waals surface area (Å²) in [6, 6.07) is 6.05. The minimum atomic E-state index is 0.784. The molecule has 0 fully saturated rings. The Hall–Kier alpha value is -1.10. The number of anilines is 1. The Morgan fingerprint density at radius 3 is 2.85 bits per heavy atom. The van der Waals surface area contributed by atoms with Crippen molar-refractivity contribution in [1.82, 2.24) is 10.3 Å². The van der Waals surface area contributed by atoms with Crippen molar-refractivity contribution in [2.75, 3.05) is 18.5 Å². The summed E-state index contributed by atoms with van der Waals surface area (Å²) in [6.45, 7) is 6.64. The van der Waals surface area contributed by atoms with Gasteiger partial charge in [-0.1, -0.05) is 24.6 Å². The molecule has 0 saturated carbocycles. The molecule has 1 heterocycles. The third-order valence-electron chi connectivity index (χ3n) is 3.12. The lowest BCUT2D eigenvalue weighted by molar-refractivity contribution is 0.722. The first kappa shape index (κ1) is 15.3. The number of nitrogens with zero attached hydrogens (tertiary/aromatic N) is 2. The lowest BCUT2D eigenvalue weighted by Crippen LogP contribution is -2.21. The molecular weight excluding hydrogens is 290 g/mol. The highest BCUT2D eigenvalue weighted by Crippen LogP contribution is 2.28. The van der Waals surface area contributed by atoms with E-state index in [4.69, 9.17) is 11.6 Å². The zero-order valence-corrected chi connectivity index (χ0v) is 13.7. The second kappa shape index (κ2) is 7.07. The molecule has 0 unspecified atom stereocenters. The summed E-state index contributed by atoms with van der Waals surface area (Å²) in [7, 11) is 2.08. The molecule has 0 amide bonds. The van der Waals surface area contributed by atoms with Gasteiger partial charge in [-0.15, -0.1) is 11.3 Å². The largest absolute Gasteiger partial charge is 0.368 e. The Morgan fingerprint density at radius 1 is 1.40 bits per heavy atom. The molecule has 1 aromatic heterocycles. The molecular formula is C15H20ClN3S. The smallest absolute Gasteiger partial charge is 0.0898 e. The first-order valence-electron chi connectivity index (χ1n) is 6.72. The van der Waals surface area contributed by atoms with Gasteiger partial charge in [0.05, 0.1) is 17.2 Å². The van der Waals surface area contributed by atoms with Crippen molar-refractivity contribution in [2.24, 2.45) is 0 Å². The van der Waals surface area contributed by atoms with Crippen LogP contribution in [-0.4, -0.2) is 18.6 Å². The SMILES string of the molecule is CCNCc1c(Cl)cccc1N(C)Cc1csc(C)n1. The van der Waals surface area contributed by atoms with E-state index in [0.717, 1.165) is 46.6 Å². The predicted octanol–water partition coefficient (Wildman–Crippen LogP) is 3.85. The molecule has 2 rings (SSSR count). The van der Waals surface area contributed by atoms with Crippen molar-refractivity contribution in [2.45, 2.75) is 26.9 Å². The maximum absolute atomic E-state index is 6.34. The van der Waals surface area contributed by atoms with E-state index >= 15 is 0 Å². The summed E-state index contributed by atoms with van der Waals surface area (Å²) >= 11 is 8.02. The van der Waals surface area contributed by atoms with Crippen molar-refractivity contribution in [3.05, 3.63) is 44.9 Å². The number of aromatic nitrogens is 1. The highest BCUT2D eigenvalue weighted by atomic mass is 35.5. The number of benzene rings is 1. The third kappa shape index (κ3) is 3.72. The predicted molar refractivity (Wildman–Crippen MR) is 87.8 cm³/mol. The molecule has 1 aromatic carbocycles. The van der Waals surface area contributed by atoms with E-state index < -0.39 is 0 Å². The average molecular weight is 310 g/mol. The standard InChI is InChI=1S/C15H20ClN3S/c1-4-17-8-13-14(16)6-5-7-15(13)19(3)9-12-10-20-11(2)18-12/h5-7,10,17H,4,8-9H2,1-3H3. The first-order chi connectivity index (χ1) is 9.61. The summed E-state index contributed by atoms with van der Waals surface area (Å²) < 4.78 is 0. The summed E-state index contributed by atoms with van der Waals surface area (Å²) in [6.07, 6.45) is 0. The monoisotopic (exact) mass is 309 g/mol. The topological polar surface area (TPSA) is 28.2 Å². The summed E-state index contributed by atoms with van der Waals surface area (Å²) in [5.41, 5.74) is 3.40. The van der Waals surface area contributed by atoms with Crippen LogP contribution in [0.15, 0.2) is 23.6 Å². The van der Waals surface area contributed by atoms with Crippen LogP contribution in [0.3, 0.4) is 0 Å². The van der Waals surface area contributed by atoms with Gasteiger partial charge in [-0.2, -0.15) is 0 Å². The minimum absolute atomic E-state index is 0.784. The molecule has 0 aliphatic heterocycles. The number of thiazole rings is 1. The van der Waals surface area contributed by atoms with Gasteiger partial charge in [0.2, 0.25) is 0 Å². The molecule has 3 nitrogen and oxygen atoms in total. The van der Waals surface area contributed by atoms with Crippen molar-refractivity contribution in [3.8, 4) is 0 Å². The first-order valence-corrected chi connectivity index (χ1v) is 7.97. The third-order valence-corrected chi connectivity index (χ3v) is 4.30. The van der Waals surface area contributed by atoms with Gasteiger partial charge in [-0.3, -0.25) is 0 Å². The molecule has 0 bridgehead atoms. The second-order valence-electron chi connectivity index (χ2n) is 4.73. The molecule has 108 valence electrons. The van der Waals surface area contributed by atoms with Gasteiger partial charge < -0.3 is 10.2 Å². The molecule has 5 heteroatoms. The molecule has 1 N–H and O–H groups in total. The van der Waals surface area contributed by atoms with Gasteiger partial charge in [0.25, 0.3) is 0 Å². The van der Waals surface area contributed by atoms with Crippen LogP contribution in [0.4, 0.5) is 5.69 Å². The van der Waals surface area contributed by atoms with Crippen molar-refractivity contribution >= 4 is 28.6 Å². The van der Waals surface area contributed by atoms with Crippen LogP contribution in [0.5, 0.6) is 0 Å². The van der Waals surface area contributed by atoms with Gasteiger partial charge in [0, 0.05) is 35.2 Å². The number of hydrogen-bond acceptors (Lipinski definition) is 4. The highest BCUT2D eigenvalue weighted by molar-refractivity contribution is 7.09. The van der Waals surface area contributed by atoms with E-state index in [0.29, 0.717) is 0 Å². The summed E-state index contributed by atoms with van der Waals surface area (Å²) in [4.78, 5) is 6.72. The fourth-order valence-corrected chi connectivity index (χ4v) is 2.98. The van der Waals surface area contributed by atoms with Gasteiger partial charge in [0.15, 0.2) is 0 Å². The van der Waals surface area contributed by atoms with Crippen LogP contribution in [-0.2, 0) is 13.1 Å². The highest BCUT2D eigenvalue weighted by Gasteiger charge is 2.12. The number of hydrogen-bond donors (Lipinski definition) is 1. The van der Waals surface area contributed by atoms with Crippen molar-refractivity contribution in [3.63, 3.8) is 0 Å². The molecule has 0 aliphatic carbocycles. The van der Waals surface area contributed by atoms with Crippen LogP contribution in [0.25, 0.3) is 0 Å². The van der Waals surface area contributed by atoms with E-state index in [1.54, 1.807) is 11.3 Å². The molecule has 2 aromatic rings. The Labute approximate surface area is 129 Å². The van der Waals surface area contributed by atoms with Gasteiger partial charge in [-0.05, 0) is 25.6 Å². The second-order valence-corrected chi connectivity index (χ2v) is 6.20. The average Bonchev–Trinajstić information content (AvgIpc) is 2.82. The number of halogens is 1. The molecule has 0 aliphatic rings. The summed E-state index contributed by atoms with van der Waals surface area (Å²) in [5.74, 6) is 0. The minimum Gasteiger partial charge on any atom is -0.368 e. The van der Waals surface area contributed by atoms with Gasteiger partial charge in [0.1, 0.15) is 0 Å². The molecule has 0 atom stereocenters. The van der Waals surface area contributed by atoms with Crippen LogP contribution < -0.4 is 10.2 Å². The Kier molecular flexibility index (Phi) is 5.40. The fourth-order valence-electron chi connectivity index (χ4n) is 2.14. The molecule has 0 saturated heterocycles. The lowest BCUT2D eigenvalue weighted by Gasteiger charge is -2.22. The van der Waals surface area contributed by atoms with E-state index in [2.05, 4.69) is 40.6 Å². The number of aryl methyl sites for hydroxylation is 1. The van der Waals surface area contributed by atoms with Crippen molar-refractivity contribution < 1.29 is 0 Å². The Balaban J connectivity index is 2.20. The Morgan fingerprint density at radius 2 is 2.20 bits per heavy atom. The van der Waals surface area contributed by atoms with Gasteiger partial charge >= 0.3 is 0 Å². The van der Waals surface area contributed by atoms with Crippen LogP contribution in [0.1, 0.15) is 23.2 Å². The van der Waals surface area contributed by atoms with E-state index in [-0.39, 0.29) is 0 Å². The molecule has 0 spiro atoms. The van der Waals surface area contributed by atoms with E-state index in [9.17, 15) is 0 Å². The van der Waals surface area contributed by atoms with Gasteiger partial charge in [-0.25, -0.2) is 4.98 Å². The normalized spacial score (nSPS) is 10.8. The number of nitrogens with one attached hydrogen (secondary N) is 1. The number of rotatable bonds is 6. The van der Waals surface area contributed by atoms with E-state index in [1.807, 2.05) is 19.1 Å². The van der Waals surface area contributed by atoms with Crippen LogP contribution in [0, 0.1) is 6.92 Å². The maximum Gasteiger partial charge on any atom is 0.0898 e. The quantitative estimate of drug-likeness (QED) is 0.878. The van der Waals surface area contributed by atoms with Crippen LogP contribution >= 0.6 is 22.9 Å². The Bertz CT molecular complexity index is 568. The van der Waals surface area contributed by atoms with E-state index in [1.165, 1.54) is 0 Å². The molecule has 0 radical (unpaired) electrons. The molecule has 20 heavy (non-hydrogen) atoms. The lowest BCUT2D eigenvalue weighted by atomic mass is 10.1. The maximum atomic E-state index is 6.34. The summed E-state index contributed by atoms with van der Waals surface area (Å²) in [5, 5.41) is 7.37. The zero-order valence-electron chi connectivity index (χ0n) is 12.1. The fraction of sp³-hybridized carbons (Fsp3) is 0.400. The van der Waals surface area contributed by atoms with Crippen LogP contribution in [0.2, 0.25) is 5.02 Å². The van der Waals surface area contributed by atoms with Crippen molar-refractivity contribution in [1.29, 1.82) is 0 Å².